The molecular formula is C53H73N11O7. The molecule has 3 aliphatic carbocycles. The summed E-state index contributed by atoms with van der Waals surface area (Å²) in [7, 11) is 0. The molecule has 5 aliphatic rings. The van der Waals surface area contributed by atoms with Crippen LogP contribution in [0.2, 0.25) is 0 Å². The van der Waals surface area contributed by atoms with Gasteiger partial charge in [0.15, 0.2) is 5.96 Å². The normalized spacial score (nSPS) is 28.4. The number of benzene rings is 2. The second-order valence-electron chi connectivity index (χ2n) is 20.7. The number of guanidine groups is 1. The number of rotatable bonds is 12. The van der Waals surface area contributed by atoms with Crippen LogP contribution in [0.5, 0.6) is 0 Å². The van der Waals surface area contributed by atoms with E-state index < -0.39 is 71.1 Å². The van der Waals surface area contributed by atoms with E-state index in [4.69, 9.17) is 11.5 Å². The summed E-state index contributed by atoms with van der Waals surface area (Å²) in [6.07, 6.45) is 12.2. The van der Waals surface area contributed by atoms with Crippen molar-refractivity contribution in [1.29, 1.82) is 0 Å². The first-order valence-corrected chi connectivity index (χ1v) is 26.0. The molecule has 18 nitrogen and oxygen atoms in total. The minimum Gasteiger partial charge on any atom is -0.370 e. The van der Waals surface area contributed by atoms with E-state index in [-0.39, 0.29) is 81.0 Å². The van der Waals surface area contributed by atoms with Crippen molar-refractivity contribution in [2.24, 2.45) is 34.2 Å². The Morgan fingerprint density at radius 1 is 0.803 bits per heavy atom. The van der Waals surface area contributed by atoms with Gasteiger partial charge < -0.3 is 53.3 Å². The molecule has 4 bridgehead atoms. The minimum absolute atomic E-state index is 0.0808. The number of amides is 7. The highest BCUT2D eigenvalue weighted by Crippen LogP contribution is 2.58. The van der Waals surface area contributed by atoms with Gasteiger partial charge in [-0.1, -0.05) is 80.6 Å². The van der Waals surface area contributed by atoms with Gasteiger partial charge in [-0.2, -0.15) is 0 Å². The van der Waals surface area contributed by atoms with E-state index >= 15 is 4.79 Å². The molecule has 2 saturated heterocycles. The van der Waals surface area contributed by atoms with Crippen LogP contribution in [0.1, 0.15) is 121 Å². The molecular weight excluding hydrogens is 903 g/mol. The number of para-hydroxylation sites is 1. The van der Waals surface area contributed by atoms with E-state index in [1.807, 2.05) is 54.7 Å². The maximum atomic E-state index is 15.2. The van der Waals surface area contributed by atoms with Gasteiger partial charge in [-0.3, -0.25) is 38.6 Å². The van der Waals surface area contributed by atoms with Crippen LogP contribution in [0.3, 0.4) is 0 Å². The zero-order valence-electron chi connectivity index (χ0n) is 41.0. The highest BCUT2D eigenvalue weighted by atomic mass is 16.2. The van der Waals surface area contributed by atoms with Crippen LogP contribution in [0.15, 0.2) is 65.8 Å². The Morgan fingerprint density at radius 3 is 2.32 bits per heavy atom. The predicted octanol–water partition coefficient (Wildman–Crippen LogP) is 2.84. The van der Waals surface area contributed by atoms with Gasteiger partial charge in [-0.25, -0.2) is 0 Å². The maximum absolute atomic E-state index is 15.2. The Hall–Kier alpha value is -6.46. The van der Waals surface area contributed by atoms with Crippen LogP contribution in [0.25, 0.3) is 10.9 Å². The largest absolute Gasteiger partial charge is 0.370 e. The highest BCUT2D eigenvalue weighted by molar-refractivity contribution is 5.96. The van der Waals surface area contributed by atoms with Crippen molar-refractivity contribution in [1.82, 2.24) is 41.8 Å². The summed E-state index contributed by atoms with van der Waals surface area (Å²) in [6.45, 7) is 1.93. The number of fused-ring (bicyclic) bond motifs is 2. The second-order valence-corrected chi connectivity index (χ2v) is 20.7. The van der Waals surface area contributed by atoms with Gasteiger partial charge in [-0.05, 0) is 99.7 Å². The average molecular weight is 976 g/mol. The molecule has 3 aromatic rings. The van der Waals surface area contributed by atoms with E-state index in [0.29, 0.717) is 51.4 Å². The Morgan fingerprint density at radius 2 is 1.55 bits per heavy atom. The molecule has 1 aromatic heterocycles. The molecule has 5 fully saturated rings. The molecule has 382 valence electrons. The molecule has 0 spiro atoms. The molecule has 11 N–H and O–H groups in total. The fraction of sp³-hybridized carbons (Fsp3) is 0.585. The second kappa shape index (κ2) is 23.2. The monoisotopic (exact) mass is 976 g/mol. The molecule has 3 heterocycles. The van der Waals surface area contributed by atoms with Crippen LogP contribution >= 0.6 is 0 Å². The van der Waals surface area contributed by atoms with Crippen molar-refractivity contribution >= 4 is 58.2 Å². The Kier molecular flexibility index (Phi) is 16.6. The van der Waals surface area contributed by atoms with Crippen LogP contribution in [0, 0.1) is 17.8 Å². The Labute approximate surface area is 415 Å². The van der Waals surface area contributed by atoms with Crippen LogP contribution in [-0.2, 0) is 45.4 Å². The average Bonchev–Trinajstić information content (AvgIpc) is 4.10. The number of aliphatic imine (C=N–C) groups is 1. The fourth-order valence-corrected chi connectivity index (χ4v) is 12.6. The minimum atomic E-state index is -1.13. The molecule has 2 aliphatic heterocycles. The van der Waals surface area contributed by atoms with Crippen LogP contribution in [-0.4, -0.2) is 113 Å². The molecule has 8 rings (SSSR count). The molecule has 18 heteroatoms. The summed E-state index contributed by atoms with van der Waals surface area (Å²) < 4.78 is 0. The van der Waals surface area contributed by atoms with Crippen LogP contribution in [0.4, 0.5) is 0 Å². The van der Waals surface area contributed by atoms with Crippen molar-refractivity contribution in [3.05, 3.63) is 71.9 Å². The number of hydrogen-bond acceptors (Lipinski definition) is 8. The zero-order valence-corrected chi connectivity index (χ0v) is 41.0. The number of carbonyl (C=O) groups is 7. The first-order chi connectivity index (χ1) is 34.3. The predicted molar refractivity (Wildman–Crippen MR) is 269 cm³/mol. The first-order valence-electron chi connectivity index (χ1n) is 26.0. The van der Waals surface area contributed by atoms with Crippen molar-refractivity contribution in [3.8, 4) is 0 Å². The summed E-state index contributed by atoms with van der Waals surface area (Å²) in [5.74, 6) is -3.62. The third-order valence-corrected chi connectivity index (χ3v) is 16.0. The standard InChI is InChI=1S/C53H73N11O7/c1-32(65)59-42(29-33-13-4-2-5-14-33)47(67)62-41-20-11-26-56-46(66)40(19-10-27-57-52(54)55)61-50(70)45-36-22-24-53(45,37-31-58-38-18-9-8-17-35(37)38)25-23-39(36)60-48(68)43(30-34-15-6-3-7-16-34)63-49(69)44-21-12-28-64(44)51(41)71/h2,4-5,8-9,13-14,17-18,31,34,36,39-45,58H,3,6-7,10-12,15-16,19-30H2,1H3,(H,56,66)(H,59,65)(H,60,68)(H,61,70)(H,62,67)(H,63,69)(H4,54,55,57)/t36?,39?,40-,41-,42-,43+,44-,45-,53?/m0/s1. The number of nitrogens with zero attached hydrogens (tertiary/aromatic N) is 2. The number of aromatic nitrogens is 1. The molecule has 7 amide bonds. The topological polar surface area (TPSA) is 275 Å². The van der Waals surface area contributed by atoms with Gasteiger partial charge in [0.25, 0.3) is 0 Å². The quantitative estimate of drug-likeness (QED) is 0.0733. The van der Waals surface area contributed by atoms with Crippen molar-refractivity contribution in [3.63, 3.8) is 0 Å². The summed E-state index contributed by atoms with van der Waals surface area (Å²) in [5, 5.41) is 19.3. The number of nitrogens with one attached hydrogen (secondary N) is 7. The molecule has 71 heavy (non-hydrogen) atoms. The molecule has 3 unspecified atom stereocenters. The SMILES string of the molecule is CC(=O)N[C@@H](Cc1ccccc1)C(=O)N[C@H]1CCCNC(=O)[C@H](CCCN=C(N)N)NC(=O)[C@@H]2C3CCC2(c2c[nH]c4ccccc24)CCC3NC(=O)[C@@H](CC2CCCCC2)NC(=O)[C@@H]2CCCN2C1=O. The van der Waals surface area contributed by atoms with Gasteiger partial charge in [0, 0.05) is 61.5 Å². The highest BCUT2D eigenvalue weighted by Gasteiger charge is 2.59. The number of nitrogens with two attached hydrogens (primary N) is 2. The Balaban J connectivity index is 1.12. The number of H-pyrrole nitrogens is 1. The lowest BCUT2D eigenvalue weighted by molar-refractivity contribution is -0.142. The number of aromatic amines is 1. The lowest BCUT2D eigenvalue weighted by atomic mass is 9.61. The summed E-state index contributed by atoms with van der Waals surface area (Å²) in [5.41, 5.74) is 13.5. The Bertz CT molecular complexity index is 2430. The molecule has 9 atom stereocenters. The zero-order chi connectivity index (χ0) is 50.1. The van der Waals surface area contributed by atoms with E-state index in [0.717, 1.165) is 54.1 Å². The summed E-state index contributed by atoms with van der Waals surface area (Å²) in [6, 6.07) is 12.0. The first kappa shape index (κ1) is 50.9. The van der Waals surface area contributed by atoms with Gasteiger partial charge in [0.2, 0.25) is 41.4 Å². The lowest BCUT2D eigenvalue weighted by Gasteiger charge is -2.45. The van der Waals surface area contributed by atoms with Gasteiger partial charge in [-0.15, -0.1) is 0 Å². The summed E-state index contributed by atoms with van der Waals surface area (Å²) in [4.78, 5) is 109. The number of carbonyl (C=O) groups excluding carboxylic acids is 7. The summed E-state index contributed by atoms with van der Waals surface area (Å²) >= 11 is 0. The smallest absolute Gasteiger partial charge is 0.245 e. The van der Waals surface area contributed by atoms with Crippen molar-refractivity contribution in [2.45, 2.75) is 158 Å². The van der Waals surface area contributed by atoms with E-state index in [1.54, 1.807) is 0 Å². The van der Waals surface area contributed by atoms with Crippen LogP contribution < -0.4 is 43.4 Å². The van der Waals surface area contributed by atoms with Gasteiger partial charge in [0.05, 0.1) is 5.92 Å². The number of hydrogen-bond donors (Lipinski definition) is 9. The maximum Gasteiger partial charge on any atom is 0.245 e. The lowest BCUT2D eigenvalue weighted by Crippen LogP contribution is -2.60. The molecule has 0 radical (unpaired) electrons. The van der Waals surface area contributed by atoms with E-state index in [1.165, 1.54) is 11.8 Å². The van der Waals surface area contributed by atoms with Gasteiger partial charge in [0.1, 0.15) is 30.2 Å². The van der Waals surface area contributed by atoms with Crippen molar-refractivity contribution in [2.75, 3.05) is 19.6 Å². The molecule has 2 aromatic carbocycles. The molecule has 3 saturated carbocycles. The van der Waals surface area contributed by atoms with E-state index in [9.17, 15) is 28.8 Å². The third kappa shape index (κ3) is 12.0. The third-order valence-electron chi connectivity index (χ3n) is 16.0. The van der Waals surface area contributed by atoms with E-state index in [2.05, 4.69) is 47.9 Å². The van der Waals surface area contributed by atoms with Gasteiger partial charge >= 0.3 is 0 Å². The fourth-order valence-electron chi connectivity index (χ4n) is 12.6. The van der Waals surface area contributed by atoms with Crippen molar-refractivity contribution < 1.29 is 33.6 Å².